The average Bonchev–Trinajstić information content (AvgIpc) is 3.39. The summed E-state index contributed by atoms with van der Waals surface area (Å²) in [5.41, 5.74) is 2.36. The van der Waals surface area contributed by atoms with Crippen LogP contribution in [0.2, 0.25) is 5.02 Å². The second kappa shape index (κ2) is 10.0. The normalized spacial score (nSPS) is 14.8. The summed E-state index contributed by atoms with van der Waals surface area (Å²) in [6.07, 6.45) is 1.64. The van der Waals surface area contributed by atoms with Crippen molar-refractivity contribution in [2.75, 3.05) is 22.9 Å². The Bertz CT molecular complexity index is 1300. The SMILES string of the molecule is CCN(CC)c1ccc(N2C(=O)C(=Cc3ccc(-c4ccc(Cl)c(C(=O)O)c4)o3)SC2=S)cc1. The molecule has 0 unspecified atom stereocenters. The standard InChI is InChI=1S/C25H21ClN2O4S2/c1-3-27(4-2)16-6-8-17(9-7-16)28-23(29)22(34-25(28)33)14-18-10-12-21(32-18)15-5-11-20(26)19(13-15)24(30)31/h5-14H,3-4H2,1-2H3,(H,30,31). The fourth-order valence-electron chi connectivity index (χ4n) is 3.65. The molecule has 0 radical (unpaired) electrons. The van der Waals surface area contributed by atoms with E-state index in [1.54, 1.807) is 24.3 Å². The highest BCUT2D eigenvalue weighted by atomic mass is 35.5. The third-order valence-corrected chi connectivity index (χ3v) is 7.04. The molecule has 9 heteroatoms. The highest BCUT2D eigenvalue weighted by Crippen LogP contribution is 2.37. The molecule has 1 saturated heterocycles. The maximum absolute atomic E-state index is 13.1. The maximum atomic E-state index is 13.1. The molecule has 3 aromatic rings. The summed E-state index contributed by atoms with van der Waals surface area (Å²) >= 11 is 12.6. The van der Waals surface area contributed by atoms with Crippen molar-refractivity contribution in [2.24, 2.45) is 0 Å². The Balaban J connectivity index is 1.56. The Labute approximate surface area is 211 Å². The molecule has 0 aliphatic carbocycles. The van der Waals surface area contributed by atoms with Gasteiger partial charge in [-0.1, -0.05) is 35.6 Å². The van der Waals surface area contributed by atoms with Gasteiger partial charge < -0.3 is 14.4 Å². The van der Waals surface area contributed by atoms with E-state index in [1.165, 1.54) is 28.8 Å². The maximum Gasteiger partial charge on any atom is 0.337 e. The Kier molecular flexibility index (Phi) is 7.11. The Morgan fingerprint density at radius 3 is 2.50 bits per heavy atom. The van der Waals surface area contributed by atoms with Crippen LogP contribution in [-0.4, -0.2) is 34.4 Å². The number of carboxylic acids is 1. The minimum atomic E-state index is -1.12. The quantitative estimate of drug-likeness (QED) is 0.284. The summed E-state index contributed by atoms with van der Waals surface area (Å²) in [7, 11) is 0. The first-order valence-corrected chi connectivity index (χ1v) is 12.2. The molecule has 6 nitrogen and oxygen atoms in total. The monoisotopic (exact) mass is 512 g/mol. The number of hydrogen-bond donors (Lipinski definition) is 1. The van der Waals surface area contributed by atoms with Crippen LogP contribution in [0.4, 0.5) is 11.4 Å². The summed E-state index contributed by atoms with van der Waals surface area (Å²) in [5, 5.41) is 9.44. The average molecular weight is 513 g/mol. The lowest BCUT2D eigenvalue weighted by Gasteiger charge is -2.22. The van der Waals surface area contributed by atoms with Crippen LogP contribution in [0.1, 0.15) is 30.0 Å². The van der Waals surface area contributed by atoms with E-state index in [0.29, 0.717) is 32.0 Å². The number of thioether (sulfide) groups is 1. The predicted molar refractivity (Wildman–Crippen MR) is 142 cm³/mol. The first-order chi connectivity index (χ1) is 16.3. The Morgan fingerprint density at radius 2 is 1.85 bits per heavy atom. The number of furan rings is 1. The molecule has 1 aliphatic heterocycles. The lowest BCUT2D eigenvalue weighted by Crippen LogP contribution is -2.27. The number of benzene rings is 2. The van der Waals surface area contributed by atoms with Gasteiger partial charge in [-0.3, -0.25) is 9.69 Å². The number of anilines is 2. The van der Waals surface area contributed by atoms with E-state index >= 15 is 0 Å². The van der Waals surface area contributed by atoms with E-state index in [0.717, 1.165) is 18.8 Å². The summed E-state index contributed by atoms with van der Waals surface area (Å²) in [6.45, 7) is 6.00. The number of carboxylic acid groups (broad SMARTS) is 1. The van der Waals surface area contributed by atoms with Gasteiger partial charge in [0.15, 0.2) is 4.32 Å². The summed E-state index contributed by atoms with van der Waals surface area (Å²) in [5.74, 6) is -0.414. The van der Waals surface area contributed by atoms with Gasteiger partial charge in [-0.05, 0) is 68.4 Å². The largest absolute Gasteiger partial charge is 0.478 e. The third-order valence-electron chi connectivity index (χ3n) is 5.41. The minimum absolute atomic E-state index is 0.00926. The van der Waals surface area contributed by atoms with Gasteiger partial charge in [-0.2, -0.15) is 0 Å². The topological polar surface area (TPSA) is 74.0 Å². The van der Waals surface area contributed by atoms with E-state index in [1.807, 2.05) is 24.3 Å². The van der Waals surface area contributed by atoms with Crippen LogP contribution < -0.4 is 9.80 Å². The van der Waals surface area contributed by atoms with Gasteiger partial charge in [0, 0.05) is 30.4 Å². The van der Waals surface area contributed by atoms with Gasteiger partial charge >= 0.3 is 5.97 Å². The lowest BCUT2D eigenvalue weighted by molar-refractivity contribution is -0.113. The molecule has 0 bridgehead atoms. The van der Waals surface area contributed by atoms with Crippen molar-refractivity contribution >= 4 is 69.2 Å². The van der Waals surface area contributed by atoms with Crippen LogP contribution in [0.5, 0.6) is 0 Å². The Hall–Kier alpha value is -3.07. The molecule has 1 aromatic heterocycles. The van der Waals surface area contributed by atoms with Crippen LogP contribution in [-0.2, 0) is 4.79 Å². The molecule has 0 atom stereocenters. The van der Waals surface area contributed by atoms with Crippen LogP contribution in [0, 0.1) is 0 Å². The van der Waals surface area contributed by atoms with Crippen molar-refractivity contribution in [3.8, 4) is 11.3 Å². The van der Waals surface area contributed by atoms with E-state index in [9.17, 15) is 14.7 Å². The van der Waals surface area contributed by atoms with Crippen LogP contribution >= 0.6 is 35.6 Å². The number of carbonyl (C=O) groups is 2. The van der Waals surface area contributed by atoms with Crippen LogP contribution in [0.15, 0.2) is 63.9 Å². The van der Waals surface area contributed by atoms with E-state index in [4.69, 9.17) is 28.2 Å². The third kappa shape index (κ3) is 4.75. The number of halogens is 1. The summed E-state index contributed by atoms with van der Waals surface area (Å²) in [6, 6.07) is 15.8. The predicted octanol–water partition coefficient (Wildman–Crippen LogP) is 6.55. The van der Waals surface area contributed by atoms with Gasteiger partial charge in [-0.15, -0.1) is 0 Å². The molecular formula is C25H21ClN2O4S2. The molecule has 174 valence electrons. The van der Waals surface area contributed by atoms with Crippen molar-refractivity contribution in [3.05, 3.63) is 75.8 Å². The van der Waals surface area contributed by atoms with Crippen molar-refractivity contribution < 1.29 is 19.1 Å². The van der Waals surface area contributed by atoms with Gasteiger partial charge in [0.1, 0.15) is 11.5 Å². The molecule has 2 aromatic carbocycles. The van der Waals surface area contributed by atoms with Crippen molar-refractivity contribution in [2.45, 2.75) is 13.8 Å². The molecule has 2 heterocycles. The van der Waals surface area contributed by atoms with Gasteiger partial charge in [0.05, 0.1) is 21.2 Å². The zero-order chi connectivity index (χ0) is 24.4. The first-order valence-electron chi connectivity index (χ1n) is 10.6. The molecule has 1 fully saturated rings. The van der Waals surface area contributed by atoms with Gasteiger partial charge in [-0.25, -0.2) is 4.79 Å². The second-order valence-corrected chi connectivity index (χ2v) is 9.49. The van der Waals surface area contributed by atoms with E-state index < -0.39 is 5.97 Å². The minimum Gasteiger partial charge on any atom is -0.478 e. The highest BCUT2D eigenvalue weighted by Gasteiger charge is 2.33. The van der Waals surface area contributed by atoms with E-state index in [2.05, 4.69) is 18.7 Å². The number of thiocarbonyl (C=S) groups is 1. The second-order valence-electron chi connectivity index (χ2n) is 7.41. The Morgan fingerprint density at radius 1 is 1.15 bits per heavy atom. The zero-order valence-electron chi connectivity index (χ0n) is 18.4. The summed E-state index contributed by atoms with van der Waals surface area (Å²) in [4.78, 5) is 28.6. The number of hydrogen-bond acceptors (Lipinski definition) is 6. The molecule has 4 rings (SSSR count). The number of nitrogens with zero attached hydrogens (tertiary/aromatic N) is 2. The number of amides is 1. The van der Waals surface area contributed by atoms with E-state index in [-0.39, 0.29) is 16.5 Å². The molecule has 1 N–H and O–H groups in total. The zero-order valence-corrected chi connectivity index (χ0v) is 20.8. The van der Waals surface area contributed by atoms with Gasteiger partial charge in [0.25, 0.3) is 5.91 Å². The van der Waals surface area contributed by atoms with Gasteiger partial charge in [0.2, 0.25) is 0 Å². The fourth-order valence-corrected chi connectivity index (χ4v) is 5.13. The fraction of sp³-hybridized carbons (Fsp3) is 0.160. The number of aromatic carboxylic acids is 1. The van der Waals surface area contributed by atoms with Crippen molar-refractivity contribution in [1.29, 1.82) is 0 Å². The number of rotatable bonds is 7. The molecule has 0 spiro atoms. The smallest absolute Gasteiger partial charge is 0.337 e. The first kappa shape index (κ1) is 24.1. The number of carbonyl (C=O) groups excluding carboxylic acids is 1. The summed E-state index contributed by atoms with van der Waals surface area (Å²) < 4.78 is 6.30. The van der Waals surface area contributed by atoms with Crippen LogP contribution in [0.3, 0.4) is 0 Å². The van der Waals surface area contributed by atoms with Crippen LogP contribution in [0.25, 0.3) is 17.4 Å². The molecule has 34 heavy (non-hydrogen) atoms. The molecule has 1 aliphatic rings. The molecule has 0 saturated carbocycles. The molecular weight excluding hydrogens is 492 g/mol. The van der Waals surface area contributed by atoms with Crippen molar-refractivity contribution in [3.63, 3.8) is 0 Å². The lowest BCUT2D eigenvalue weighted by atomic mass is 10.1. The highest BCUT2D eigenvalue weighted by molar-refractivity contribution is 8.27. The van der Waals surface area contributed by atoms with Crippen molar-refractivity contribution in [1.82, 2.24) is 0 Å². The molecule has 1 amide bonds.